The second-order valence-electron chi connectivity index (χ2n) is 7.49. The standard InChI is InChI=1S/C23H18N8/c1-13-26-12-21(31(13)2)14-7-16-22(29-30-23(16)27-9-14)19-8-15-17(10-24-11-20(15)28-19)18-5-3-4-6-25-18/h3-12,28H,1-2H3,(H,27,29,30). The van der Waals surface area contributed by atoms with E-state index in [1.807, 2.05) is 57.0 Å². The first-order chi connectivity index (χ1) is 15.2. The first-order valence-corrected chi connectivity index (χ1v) is 9.90. The number of pyridine rings is 3. The van der Waals surface area contributed by atoms with Crippen LogP contribution in [0.4, 0.5) is 0 Å². The average Bonchev–Trinajstić information content (AvgIpc) is 3.50. The van der Waals surface area contributed by atoms with Crippen LogP contribution in [0.2, 0.25) is 0 Å². The molecule has 6 aromatic heterocycles. The second-order valence-corrected chi connectivity index (χ2v) is 7.49. The zero-order valence-electron chi connectivity index (χ0n) is 17.0. The predicted molar refractivity (Wildman–Crippen MR) is 119 cm³/mol. The number of hydrogen-bond donors (Lipinski definition) is 2. The van der Waals surface area contributed by atoms with Gasteiger partial charge in [-0.15, -0.1) is 0 Å². The summed E-state index contributed by atoms with van der Waals surface area (Å²) < 4.78 is 2.05. The number of nitrogens with zero attached hydrogens (tertiary/aromatic N) is 6. The lowest BCUT2D eigenvalue weighted by Crippen LogP contribution is -1.94. The van der Waals surface area contributed by atoms with Gasteiger partial charge in [-0.1, -0.05) is 6.07 Å². The van der Waals surface area contributed by atoms with Gasteiger partial charge in [0.05, 0.1) is 35.0 Å². The van der Waals surface area contributed by atoms with Crippen molar-refractivity contribution >= 4 is 21.9 Å². The maximum Gasteiger partial charge on any atom is 0.155 e. The molecule has 0 unspecified atom stereocenters. The number of aryl methyl sites for hydroxylation is 1. The predicted octanol–water partition coefficient (Wildman–Crippen LogP) is 4.27. The quantitative estimate of drug-likeness (QED) is 0.457. The molecule has 0 atom stereocenters. The third kappa shape index (κ3) is 2.72. The number of imidazole rings is 1. The number of H-pyrrole nitrogens is 2. The number of hydrogen-bond acceptors (Lipinski definition) is 5. The number of rotatable bonds is 3. The first-order valence-electron chi connectivity index (χ1n) is 9.90. The van der Waals surface area contributed by atoms with Gasteiger partial charge in [-0.05, 0) is 31.2 Å². The molecule has 0 bridgehead atoms. The summed E-state index contributed by atoms with van der Waals surface area (Å²) in [6.07, 6.45) is 9.16. The Morgan fingerprint density at radius 3 is 2.68 bits per heavy atom. The van der Waals surface area contributed by atoms with Crippen molar-refractivity contribution < 1.29 is 0 Å². The molecule has 31 heavy (non-hydrogen) atoms. The van der Waals surface area contributed by atoms with Crippen molar-refractivity contribution in [3.8, 4) is 33.9 Å². The topological polar surface area (TPSA) is 101 Å². The van der Waals surface area contributed by atoms with E-state index in [0.717, 1.165) is 61.7 Å². The summed E-state index contributed by atoms with van der Waals surface area (Å²) in [6, 6.07) is 10.1. The van der Waals surface area contributed by atoms with E-state index in [4.69, 9.17) is 0 Å². The van der Waals surface area contributed by atoms with Gasteiger partial charge < -0.3 is 9.55 Å². The zero-order valence-corrected chi connectivity index (χ0v) is 17.0. The maximum absolute atomic E-state index is 4.58. The minimum atomic E-state index is 0.736. The number of nitrogens with one attached hydrogen (secondary N) is 2. The van der Waals surface area contributed by atoms with Gasteiger partial charge in [0, 0.05) is 47.5 Å². The van der Waals surface area contributed by atoms with E-state index >= 15 is 0 Å². The van der Waals surface area contributed by atoms with Gasteiger partial charge in [-0.2, -0.15) is 5.10 Å². The van der Waals surface area contributed by atoms with Gasteiger partial charge in [-0.25, -0.2) is 9.97 Å². The fraction of sp³-hybridized carbons (Fsp3) is 0.0870. The van der Waals surface area contributed by atoms with Crippen molar-refractivity contribution in [2.75, 3.05) is 0 Å². The molecular weight excluding hydrogens is 388 g/mol. The Hall–Kier alpha value is -4.33. The van der Waals surface area contributed by atoms with Crippen molar-refractivity contribution in [2.45, 2.75) is 6.92 Å². The summed E-state index contributed by atoms with van der Waals surface area (Å²) in [5.41, 5.74) is 7.23. The van der Waals surface area contributed by atoms with Crippen LogP contribution >= 0.6 is 0 Å². The van der Waals surface area contributed by atoms with Crippen molar-refractivity contribution in [3.63, 3.8) is 0 Å². The Bertz CT molecular complexity index is 1560. The normalized spacial score (nSPS) is 11.5. The summed E-state index contributed by atoms with van der Waals surface area (Å²) in [6.45, 7) is 1.98. The summed E-state index contributed by atoms with van der Waals surface area (Å²) in [4.78, 5) is 21.3. The Kier molecular flexibility index (Phi) is 3.73. The monoisotopic (exact) mass is 406 g/mol. The minimum absolute atomic E-state index is 0.736. The van der Waals surface area contributed by atoms with Crippen LogP contribution in [0.15, 0.2) is 61.3 Å². The Morgan fingerprint density at radius 2 is 1.87 bits per heavy atom. The molecule has 0 aliphatic rings. The summed E-state index contributed by atoms with van der Waals surface area (Å²) in [7, 11) is 2.00. The van der Waals surface area contributed by atoms with Crippen LogP contribution in [0, 0.1) is 6.92 Å². The Labute approximate surface area is 177 Å². The third-order valence-corrected chi connectivity index (χ3v) is 5.67. The molecule has 0 amide bonds. The fourth-order valence-electron chi connectivity index (χ4n) is 3.92. The highest BCUT2D eigenvalue weighted by Gasteiger charge is 2.16. The molecule has 0 aliphatic carbocycles. The summed E-state index contributed by atoms with van der Waals surface area (Å²) >= 11 is 0. The van der Waals surface area contributed by atoms with E-state index < -0.39 is 0 Å². The molecule has 8 nitrogen and oxygen atoms in total. The fourth-order valence-corrected chi connectivity index (χ4v) is 3.92. The Balaban J connectivity index is 1.52. The van der Waals surface area contributed by atoms with Crippen LogP contribution < -0.4 is 0 Å². The van der Waals surface area contributed by atoms with Gasteiger partial charge >= 0.3 is 0 Å². The highest BCUT2D eigenvalue weighted by atomic mass is 15.2. The van der Waals surface area contributed by atoms with Crippen molar-refractivity contribution in [1.29, 1.82) is 0 Å². The van der Waals surface area contributed by atoms with E-state index in [0.29, 0.717) is 0 Å². The highest BCUT2D eigenvalue weighted by molar-refractivity contribution is 6.00. The van der Waals surface area contributed by atoms with E-state index in [9.17, 15) is 0 Å². The highest BCUT2D eigenvalue weighted by Crippen LogP contribution is 2.33. The summed E-state index contributed by atoms with van der Waals surface area (Å²) in [5.74, 6) is 0.952. The minimum Gasteiger partial charge on any atom is -0.352 e. The molecule has 8 heteroatoms. The first kappa shape index (κ1) is 17.5. The molecule has 6 rings (SSSR count). The SMILES string of the molecule is Cc1ncc(-c2cnc3[nH]nc(-c4cc5c(-c6ccccn6)cncc5[nH]4)c3c2)n1C. The van der Waals surface area contributed by atoms with Crippen LogP contribution in [0.1, 0.15) is 5.82 Å². The molecule has 0 saturated carbocycles. The number of aromatic amines is 2. The molecule has 150 valence electrons. The molecule has 0 aromatic carbocycles. The van der Waals surface area contributed by atoms with E-state index in [2.05, 4.69) is 51.8 Å². The van der Waals surface area contributed by atoms with Crippen LogP contribution in [0.25, 0.3) is 55.8 Å². The molecule has 6 heterocycles. The lowest BCUT2D eigenvalue weighted by atomic mass is 10.1. The molecule has 6 aromatic rings. The zero-order chi connectivity index (χ0) is 20.9. The average molecular weight is 406 g/mol. The Morgan fingerprint density at radius 1 is 0.935 bits per heavy atom. The van der Waals surface area contributed by atoms with Gasteiger partial charge in [0.2, 0.25) is 0 Å². The van der Waals surface area contributed by atoms with Gasteiger partial charge in [0.25, 0.3) is 0 Å². The van der Waals surface area contributed by atoms with Crippen molar-refractivity contribution in [1.82, 2.24) is 39.7 Å². The van der Waals surface area contributed by atoms with Gasteiger partial charge in [0.1, 0.15) is 11.5 Å². The molecule has 0 saturated heterocycles. The van der Waals surface area contributed by atoms with Crippen LogP contribution in [-0.2, 0) is 7.05 Å². The van der Waals surface area contributed by atoms with E-state index in [1.54, 1.807) is 6.20 Å². The van der Waals surface area contributed by atoms with Crippen LogP contribution in [0.3, 0.4) is 0 Å². The van der Waals surface area contributed by atoms with Gasteiger partial charge in [-0.3, -0.25) is 15.1 Å². The molecule has 0 spiro atoms. The number of aromatic nitrogens is 8. The number of fused-ring (bicyclic) bond motifs is 2. The van der Waals surface area contributed by atoms with Crippen LogP contribution in [0.5, 0.6) is 0 Å². The molecule has 0 fully saturated rings. The second kappa shape index (κ2) is 6.60. The smallest absolute Gasteiger partial charge is 0.155 e. The summed E-state index contributed by atoms with van der Waals surface area (Å²) in [5, 5.41) is 9.58. The molecule has 0 radical (unpaired) electrons. The van der Waals surface area contributed by atoms with Crippen molar-refractivity contribution in [3.05, 3.63) is 67.1 Å². The maximum atomic E-state index is 4.58. The molecular formula is C23H18N8. The lowest BCUT2D eigenvalue weighted by molar-refractivity contribution is 0.865. The third-order valence-electron chi connectivity index (χ3n) is 5.67. The van der Waals surface area contributed by atoms with E-state index in [1.165, 1.54) is 0 Å². The van der Waals surface area contributed by atoms with Gasteiger partial charge in [0.15, 0.2) is 5.65 Å². The van der Waals surface area contributed by atoms with E-state index in [-0.39, 0.29) is 0 Å². The molecule has 0 aliphatic heterocycles. The molecule has 2 N–H and O–H groups in total. The largest absolute Gasteiger partial charge is 0.352 e. The van der Waals surface area contributed by atoms with Crippen LogP contribution in [-0.4, -0.2) is 39.7 Å². The lowest BCUT2D eigenvalue weighted by Gasteiger charge is -2.04. The van der Waals surface area contributed by atoms with Crippen molar-refractivity contribution in [2.24, 2.45) is 7.05 Å².